The van der Waals surface area contributed by atoms with Crippen LogP contribution in [0.3, 0.4) is 0 Å². The Bertz CT molecular complexity index is 294. The van der Waals surface area contributed by atoms with Crippen LogP contribution in [0.4, 0.5) is 0 Å². The molecule has 13 heavy (non-hydrogen) atoms. The van der Waals surface area contributed by atoms with Crippen LogP contribution in [-0.4, -0.2) is 6.54 Å². The van der Waals surface area contributed by atoms with Crippen LogP contribution in [0.2, 0.25) is 0 Å². The second-order valence-corrected chi connectivity index (χ2v) is 5.77. The molecule has 0 aromatic carbocycles. The maximum atomic E-state index is 5.13. The maximum Gasteiger partial charge on any atom is 0.0843 e. The lowest BCUT2D eigenvalue weighted by atomic mass is 10.4. The average molecular weight is 323 g/mol. The van der Waals surface area contributed by atoms with E-state index in [-0.39, 0.29) is 0 Å². The molecule has 0 atom stereocenters. The van der Waals surface area contributed by atoms with E-state index >= 15 is 0 Å². The van der Waals surface area contributed by atoms with E-state index in [1.807, 2.05) is 0 Å². The van der Waals surface area contributed by atoms with Gasteiger partial charge in [-0.1, -0.05) is 0 Å². The van der Waals surface area contributed by atoms with Gasteiger partial charge in [0.2, 0.25) is 0 Å². The molecule has 0 aliphatic heterocycles. The third-order valence-corrected chi connectivity index (χ3v) is 4.70. The fourth-order valence-electron chi connectivity index (χ4n) is 0.851. The van der Waals surface area contributed by atoms with Gasteiger partial charge in [-0.05, 0) is 37.9 Å². The van der Waals surface area contributed by atoms with Crippen molar-refractivity contribution in [1.29, 1.82) is 0 Å². The van der Waals surface area contributed by atoms with Gasteiger partial charge in [-0.2, -0.15) is 0 Å². The first-order valence-corrected chi connectivity index (χ1v) is 6.22. The second-order valence-electron chi connectivity index (χ2n) is 2.47. The minimum absolute atomic E-state index is 0.785. The highest BCUT2D eigenvalue weighted by atomic mass is 79.9. The van der Waals surface area contributed by atoms with E-state index in [0.717, 1.165) is 27.8 Å². The molecule has 0 bridgehead atoms. The average Bonchev–Trinajstić information content (AvgIpc) is 2.41. The minimum atomic E-state index is 0.785. The summed E-state index contributed by atoms with van der Waals surface area (Å²) < 4.78 is 2.26. The predicted molar refractivity (Wildman–Crippen MR) is 64.9 cm³/mol. The van der Waals surface area contributed by atoms with Crippen LogP contribution in [0.15, 0.2) is 14.3 Å². The normalized spacial score (nSPS) is 9.92. The zero-order valence-electron chi connectivity index (χ0n) is 6.94. The fraction of sp³-hybridized carbons (Fsp3) is 0.333. The molecule has 0 aliphatic rings. The first-order valence-electron chi connectivity index (χ1n) is 3.82. The largest absolute Gasteiger partial charge is 0.311 e. The Morgan fingerprint density at radius 2 is 2.31 bits per heavy atom. The summed E-state index contributed by atoms with van der Waals surface area (Å²) in [5, 5.41) is 3.27. The van der Waals surface area contributed by atoms with E-state index in [1.54, 1.807) is 11.3 Å². The van der Waals surface area contributed by atoms with Crippen molar-refractivity contribution in [2.24, 2.45) is 0 Å². The molecule has 0 unspecified atom stereocenters. The molecule has 0 radical (unpaired) electrons. The molecule has 4 heteroatoms. The third kappa shape index (κ3) is 3.82. The smallest absolute Gasteiger partial charge is 0.0843 e. The number of hydrogen-bond acceptors (Lipinski definition) is 2. The molecule has 0 spiro atoms. The van der Waals surface area contributed by atoms with E-state index in [1.165, 1.54) is 4.88 Å². The van der Waals surface area contributed by atoms with E-state index in [9.17, 15) is 0 Å². The number of thiophene rings is 1. The van der Waals surface area contributed by atoms with Crippen molar-refractivity contribution in [2.45, 2.75) is 13.0 Å². The van der Waals surface area contributed by atoms with Crippen molar-refractivity contribution >= 4 is 43.2 Å². The van der Waals surface area contributed by atoms with Crippen LogP contribution in [0.1, 0.15) is 11.3 Å². The lowest BCUT2D eigenvalue weighted by molar-refractivity contribution is 0.709. The predicted octanol–water partition coefficient (Wildman–Crippen LogP) is 3.39. The van der Waals surface area contributed by atoms with Crippen molar-refractivity contribution in [3.8, 4) is 12.3 Å². The van der Waals surface area contributed by atoms with E-state index < -0.39 is 0 Å². The van der Waals surface area contributed by atoms with Gasteiger partial charge >= 0.3 is 0 Å². The van der Waals surface area contributed by atoms with Gasteiger partial charge in [-0.25, -0.2) is 0 Å². The molecule has 1 aromatic heterocycles. The van der Waals surface area contributed by atoms with Crippen LogP contribution < -0.4 is 5.32 Å². The van der Waals surface area contributed by atoms with Crippen LogP contribution >= 0.6 is 43.2 Å². The van der Waals surface area contributed by atoms with Gasteiger partial charge in [0, 0.05) is 28.9 Å². The van der Waals surface area contributed by atoms with Crippen LogP contribution in [0, 0.1) is 12.3 Å². The topological polar surface area (TPSA) is 12.0 Å². The monoisotopic (exact) mass is 321 g/mol. The van der Waals surface area contributed by atoms with E-state index in [2.05, 4.69) is 49.2 Å². The van der Waals surface area contributed by atoms with Crippen LogP contribution in [0.25, 0.3) is 0 Å². The molecule has 1 heterocycles. The van der Waals surface area contributed by atoms with Crippen LogP contribution in [-0.2, 0) is 6.54 Å². The first-order chi connectivity index (χ1) is 6.24. The maximum absolute atomic E-state index is 5.13. The summed E-state index contributed by atoms with van der Waals surface area (Å²) in [4.78, 5) is 1.30. The number of hydrogen-bond donors (Lipinski definition) is 1. The molecule has 1 N–H and O–H groups in total. The van der Waals surface area contributed by atoms with Crippen molar-refractivity contribution in [2.75, 3.05) is 6.54 Å². The molecule has 0 saturated carbocycles. The SMILES string of the molecule is C#CCCNCc1cc(Br)c(Br)s1. The molecule has 0 fully saturated rings. The first kappa shape index (κ1) is 11.3. The summed E-state index contributed by atoms with van der Waals surface area (Å²) in [7, 11) is 0. The summed E-state index contributed by atoms with van der Waals surface area (Å²) in [6.07, 6.45) is 5.92. The number of rotatable bonds is 4. The molecule has 1 aromatic rings. The zero-order chi connectivity index (χ0) is 9.68. The van der Waals surface area contributed by atoms with Crippen LogP contribution in [0.5, 0.6) is 0 Å². The van der Waals surface area contributed by atoms with Crippen molar-refractivity contribution < 1.29 is 0 Å². The van der Waals surface area contributed by atoms with Crippen molar-refractivity contribution in [3.05, 3.63) is 19.2 Å². The van der Waals surface area contributed by atoms with E-state index in [0.29, 0.717) is 0 Å². The van der Waals surface area contributed by atoms with Gasteiger partial charge < -0.3 is 5.32 Å². The van der Waals surface area contributed by atoms with Gasteiger partial charge in [-0.15, -0.1) is 23.7 Å². The summed E-state index contributed by atoms with van der Waals surface area (Å²) in [5.41, 5.74) is 0. The molecule has 0 amide bonds. The quantitative estimate of drug-likeness (QED) is 0.662. The molecule has 1 rings (SSSR count). The summed E-state index contributed by atoms with van der Waals surface area (Å²) in [6, 6.07) is 2.11. The van der Waals surface area contributed by atoms with E-state index in [4.69, 9.17) is 6.42 Å². The summed E-state index contributed by atoms with van der Waals surface area (Å²) in [5.74, 6) is 2.59. The third-order valence-electron chi connectivity index (χ3n) is 1.44. The number of nitrogens with one attached hydrogen (secondary N) is 1. The standard InChI is InChI=1S/C9H9Br2NS/c1-2-3-4-12-6-7-5-8(10)9(11)13-7/h1,5,12H,3-4,6H2. The van der Waals surface area contributed by atoms with Crippen molar-refractivity contribution in [3.63, 3.8) is 0 Å². The molecule has 70 valence electrons. The van der Waals surface area contributed by atoms with Gasteiger partial charge in [0.15, 0.2) is 0 Å². The lowest BCUT2D eigenvalue weighted by Gasteiger charge is -1.97. The Morgan fingerprint density at radius 1 is 1.54 bits per heavy atom. The fourth-order valence-corrected chi connectivity index (χ4v) is 3.00. The van der Waals surface area contributed by atoms with Crippen molar-refractivity contribution in [1.82, 2.24) is 5.32 Å². The molecular weight excluding hydrogens is 314 g/mol. The second kappa shape index (κ2) is 5.82. The number of terminal acetylenes is 1. The minimum Gasteiger partial charge on any atom is -0.311 e. The van der Waals surface area contributed by atoms with Gasteiger partial charge in [0.25, 0.3) is 0 Å². The molecular formula is C9H9Br2NS. The highest BCUT2D eigenvalue weighted by Gasteiger charge is 2.02. The summed E-state index contributed by atoms with van der Waals surface area (Å²) in [6.45, 7) is 1.76. The van der Waals surface area contributed by atoms with Gasteiger partial charge in [0.1, 0.15) is 0 Å². The highest BCUT2D eigenvalue weighted by Crippen LogP contribution is 2.32. The molecule has 0 aliphatic carbocycles. The molecule has 0 saturated heterocycles. The highest BCUT2D eigenvalue weighted by molar-refractivity contribution is 9.13. The number of halogens is 2. The lowest BCUT2D eigenvalue weighted by Crippen LogP contribution is -2.12. The zero-order valence-corrected chi connectivity index (χ0v) is 10.9. The molecule has 1 nitrogen and oxygen atoms in total. The summed E-state index contributed by atoms with van der Waals surface area (Å²) >= 11 is 8.62. The Morgan fingerprint density at radius 3 is 2.85 bits per heavy atom. The Hall–Kier alpha value is 0.180. The Labute approximate surface area is 99.2 Å². The Kier molecular flexibility index (Phi) is 5.04. The Balaban J connectivity index is 2.34. The van der Waals surface area contributed by atoms with Gasteiger partial charge in [0.05, 0.1) is 3.79 Å². The van der Waals surface area contributed by atoms with Gasteiger partial charge in [-0.3, -0.25) is 0 Å².